The largest absolute Gasteiger partial charge is 0.491 e. The molecule has 0 saturated carbocycles. The number of para-hydroxylation sites is 1. The van der Waals surface area contributed by atoms with E-state index < -0.39 is 22.0 Å². The van der Waals surface area contributed by atoms with E-state index in [9.17, 15) is 13.2 Å². The molecule has 0 fully saturated rings. The Morgan fingerprint density at radius 2 is 1.75 bits per heavy atom. The summed E-state index contributed by atoms with van der Waals surface area (Å²) in [5, 5.41) is 3.29. The van der Waals surface area contributed by atoms with E-state index in [1.807, 2.05) is 31.2 Å². The van der Waals surface area contributed by atoms with Gasteiger partial charge in [0.1, 0.15) is 18.4 Å². The van der Waals surface area contributed by atoms with Gasteiger partial charge in [-0.3, -0.25) is 9.10 Å². The van der Waals surface area contributed by atoms with Gasteiger partial charge in [-0.1, -0.05) is 29.8 Å². The molecule has 0 aliphatic carbocycles. The third-order valence-corrected chi connectivity index (χ3v) is 5.63. The molecule has 0 aliphatic heterocycles. The summed E-state index contributed by atoms with van der Waals surface area (Å²) in [6.45, 7) is 5.55. The van der Waals surface area contributed by atoms with Crippen molar-refractivity contribution in [3.05, 3.63) is 59.1 Å². The molecule has 0 aliphatic rings. The van der Waals surface area contributed by atoms with Crippen LogP contribution in [0.4, 0.5) is 5.69 Å². The smallest absolute Gasteiger partial charge is 0.243 e. The summed E-state index contributed by atoms with van der Waals surface area (Å²) in [6.07, 6.45) is 1.07. The van der Waals surface area contributed by atoms with Gasteiger partial charge in [0.05, 0.1) is 18.0 Å². The highest BCUT2D eigenvalue weighted by Crippen LogP contribution is 2.23. The number of anilines is 1. The molecule has 28 heavy (non-hydrogen) atoms. The average molecular weight is 425 g/mol. The van der Waals surface area contributed by atoms with E-state index >= 15 is 0 Å². The van der Waals surface area contributed by atoms with E-state index in [0.717, 1.165) is 21.9 Å². The molecule has 2 rings (SSSR count). The molecule has 6 nitrogen and oxygen atoms in total. The van der Waals surface area contributed by atoms with Crippen molar-refractivity contribution in [2.24, 2.45) is 0 Å². The second kappa shape index (κ2) is 9.30. The molecular formula is C20H25ClN2O4S. The van der Waals surface area contributed by atoms with Gasteiger partial charge in [0.25, 0.3) is 0 Å². The van der Waals surface area contributed by atoms with Crippen molar-refractivity contribution < 1.29 is 17.9 Å². The van der Waals surface area contributed by atoms with Gasteiger partial charge < -0.3 is 10.1 Å². The predicted molar refractivity (Wildman–Crippen MR) is 113 cm³/mol. The second-order valence-corrected chi connectivity index (χ2v) is 8.99. The van der Waals surface area contributed by atoms with Crippen molar-refractivity contribution in [3.8, 4) is 5.75 Å². The summed E-state index contributed by atoms with van der Waals surface area (Å²) in [4.78, 5) is 12.7. The summed E-state index contributed by atoms with van der Waals surface area (Å²) < 4.78 is 31.4. The standard InChI is InChI=1S/C20H25ClN2O4S/c1-14-7-5-6-8-19(14)27-13-15(2)22-20(24)16(3)23(28(4,25)26)18-11-9-17(21)10-12-18/h5-12,15-16H,13H2,1-4H3,(H,22,24)/t15-,16-/m1/s1. The Morgan fingerprint density at radius 3 is 2.32 bits per heavy atom. The summed E-state index contributed by atoms with van der Waals surface area (Å²) in [7, 11) is -3.67. The first kappa shape index (κ1) is 22.0. The molecule has 1 N–H and O–H groups in total. The fraction of sp³-hybridized carbons (Fsp3) is 0.350. The minimum absolute atomic E-state index is 0.267. The molecule has 8 heteroatoms. The first-order valence-electron chi connectivity index (χ1n) is 8.83. The summed E-state index contributed by atoms with van der Waals surface area (Å²) in [5.74, 6) is 0.330. The fourth-order valence-electron chi connectivity index (χ4n) is 2.74. The molecule has 0 bridgehead atoms. The summed E-state index contributed by atoms with van der Waals surface area (Å²) in [6, 6.07) is 12.7. The number of benzene rings is 2. The maximum Gasteiger partial charge on any atom is 0.243 e. The predicted octanol–water partition coefficient (Wildman–Crippen LogP) is 3.39. The number of hydrogen-bond donors (Lipinski definition) is 1. The van der Waals surface area contributed by atoms with Crippen LogP contribution in [-0.4, -0.2) is 39.3 Å². The van der Waals surface area contributed by atoms with E-state index in [1.165, 1.54) is 0 Å². The minimum Gasteiger partial charge on any atom is -0.491 e. The Bertz CT molecular complexity index is 916. The summed E-state index contributed by atoms with van der Waals surface area (Å²) in [5.41, 5.74) is 1.37. The number of sulfonamides is 1. The second-order valence-electron chi connectivity index (χ2n) is 6.70. The van der Waals surface area contributed by atoms with E-state index in [4.69, 9.17) is 16.3 Å². The molecule has 2 aromatic carbocycles. The molecule has 0 spiro atoms. The van der Waals surface area contributed by atoms with Crippen molar-refractivity contribution >= 4 is 33.2 Å². The highest BCUT2D eigenvalue weighted by atomic mass is 35.5. The lowest BCUT2D eigenvalue weighted by atomic mass is 10.2. The lowest BCUT2D eigenvalue weighted by Gasteiger charge is -2.29. The van der Waals surface area contributed by atoms with Crippen molar-refractivity contribution in [1.29, 1.82) is 0 Å². The van der Waals surface area contributed by atoms with E-state index in [1.54, 1.807) is 38.1 Å². The number of carbonyl (C=O) groups excluding carboxylic acids is 1. The molecule has 1 amide bonds. The van der Waals surface area contributed by atoms with Crippen molar-refractivity contribution in [2.45, 2.75) is 32.9 Å². The molecule has 2 atom stereocenters. The molecule has 152 valence electrons. The van der Waals surface area contributed by atoms with Crippen molar-refractivity contribution in [3.63, 3.8) is 0 Å². The zero-order valence-electron chi connectivity index (χ0n) is 16.3. The van der Waals surface area contributed by atoms with Crippen LogP contribution in [0.2, 0.25) is 5.02 Å². The summed E-state index contributed by atoms with van der Waals surface area (Å²) >= 11 is 5.88. The molecule has 0 unspecified atom stereocenters. The first-order valence-corrected chi connectivity index (χ1v) is 11.1. The van der Waals surface area contributed by atoms with Crippen LogP contribution in [-0.2, 0) is 14.8 Å². The molecular weight excluding hydrogens is 400 g/mol. The number of nitrogens with zero attached hydrogens (tertiary/aromatic N) is 1. The maximum absolute atomic E-state index is 12.7. The molecule has 0 heterocycles. The first-order chi connectivity index (χ1) is 13.1. The molecule has 0 aromatic heterocycles. The monoisotopic (exact) mass is 424 g/mol. The fourth-order valence-corrected chi connectivity index (χ4v) is 4.04. The van der Waals surface area contributed by atoms with Crippen LogP contribution in [0.1, 0.15) is 19.4 Å². The van der Waals surface area contributed by atoms with Gasteiger partial charge in [-0.05, 0) is 56.7 Å². The van der Waals surface area contributed by atoms with Gasteiger partial charge in [0.15, 0.2) is 0 Å². The van der Waals surface area contributed by atoms with Gasteiger partial charge >= 0.3 is 0 Å². The lowest BCUT2D eigenvalue weighted by Crippen LogP contribution is -2.50. The number of halogens is 1. The van der Waals surface area contributed by atoms with Crippen LogP contribution < -0.4 is 14.4 Å². The van der Waals surface area contributed by atoms with Crippen molar-refractivity contribution in [1.82, 2.24) is 5.32 Å². The Hall–Kier alpha value is -2.25. The van der Waals surface area contributed by atoms with Crippen molar-refractivity contribution in [2.75, 3.05) is 17.2 Å². The third kappa shape index (κ3) is 5.87. The van der Waals surface area contributed by atoms with Crippen LogP contribution in [0, 0.1) is 6.92 Å². The zero-order chi connectivity index (χ0) is 20.9. The number of hydrogen-bond acceptors (Lipinski definition) is 4. The van der Waals surface area contributed by atoms with Gasteiger partial charge in [0, 0.05) is 5.02 Å². The number of ether oxygens (including phenoxy) is 1. The zero-order valence-corrected chi connectivity index (χ0v) is 17.9. The Balaban J connectivity index is 2.06. The Morgan fingerprint density at radius 1 is 1.14 bits per heavy atom. The van der Waals surface area contributed by atoms with Crippen LogP contribution in [0.3, 0.4) is 0 Å². The maximum atomic E-state index is 12.7. The topological polar surface area (TPSA) is 75.7 Å². The van der Waals surface area contributed by atoms with Crippen LogP contribution >= 0.6 is 11.6 Å². The number of rotatable bonds is 8. The van der Waals surface area contributed by atoms with Crippen LogP contribution in [0.15, 0.2) is 48.5 Å². The van der Waals surface area contributed by atoms with Gasteiger partial charge in [0.2, 0.25) is 15.9 Å². The Kier molecular flexibility index (Phi) is 7.32. The van der Waals surface area contributed by atoms with Crippen LogP contribution in [0.5, 0.6) is 5.75 Å². The Labute approximate surface area is 171 Å². The van der Waals surface area contributed by atoms with Gasteiger partial charge in [-0.2, -0.15) is 0 Å². The van der Waals surface area contributed by atoms with E-state index in [0.29, 0.717) is 10.7 Å². The normalized spacial score (nSPS) is 13.5. The third-order valence-electron chi connectivity index (χ3n) is 4.14. The average Bonchev–Trinajstić information content (AvgIpc) is 2.61. The molecule has 0 radical (unpaired) electrons. The molecule has 0 saturated heterocycles. The highest BCUT2D eigenvalue weighted by Gasteiger charge is 2.29. The van der Waals surface area contributed by atoms with E-state index in [-0.39, 0.29) is 12.6 Å². The lowest BCUT2D eigenvalue weighted by molar-refractivity contribution is -0.122. The number of aryl methyl sites for hydroxylation is 1. The number of amides is 1. The van der Waals surface area contributed by atoms with Gasteiger partial charge in [-0.15, -0.1) is 0 Å². The van der Waals surface area contributed by atoms with Gasteiger partial charge in [-0.25, -0.2) is 8.42 Å². The molecule has 2 aromatic rings. The van der Waals surface area contributed by atoms with E-state index in [2.05, 4.69) is 5.32 Å². The minimum atomic E-state index is -3.67. The highest BCUT2D eigenvalue weighted by molar-refractivity contribution is 7.92. The number of nitrogens with one attached hydrogen (secondary N) is 1. The SMILES string of the molecule is Cc1ccccc1OC[C@@H](C)NC(=O)[C@@H](C)N(c1ccc(Cl)cc1)S(C)(=O)=O. The number of carbonyl (C=O) groups is 1. The van der Waals surface area contributed by atoms with Crippen LogP contribution in [0.25, 0.3) is 0 Å². The quantitative estimate of drug-likeness (QED) is 0.704.